The van der Waals surface area contributed by atoms with E-state index >= 15 is 0 Å². The molecule has 132 valence electrons. The smallest absolute Gasteiger partial charge is 0.244 e. The highest BCUT2D eigenvalue weighted by Gasteiger charge is 1.99. The summed E-state index contributed by atoms with van der Waals surface area (Å²) in [5.41, 5.74) is 5.69. The summed E-state index contributed by atoms with van der Waals surface area (Å²) in [5, 5.41) is 2.92. The number of nitrogens with one attached hydrogen (secondary N) is 2. The largest absolute Gasteiger partial charge is 0.352 e. The Bertz CT molecular complexity index is 847. The number of aromatic nitrogens is 2. The summed E-state index contributed by atoms with van der Waals surface area (Å²) in [6, 6.07) is 16.5. The first-order valence-corrected chi connectivity index (χ1v) is 8.77. The highest BCUT2D eigenvalue weighted by atomic mass is 16.1. The molecule has 0 aliphatic carbocycles. The standard InChI is InChI=1S/C22H23N3O/c1-17-2-4-19(5-3-17)12-13-24-22(26)11-10-18-6-8-20(9-7-18)14-21-15-23-16-25-21/h2-11,15-16H,12-14H2,1H3,(H,23,25)(H,24,26)/b11-10+. The molecule has 4 heteroatoms. The predicted molar refractivity (Wildman–Crippen MR) is 105 cm³/mol. The molecule has 0 spiro atoms. The Morgan fingerprint density at radius 3 is 2.50 bits per heavy atom. The van der Waals surface area contributed by atoms with E-state index in [0.717, 1.165) is 24.1 Å². The Labute approximate surface area is 154 Å². The van der Waals surface area contributed by atoms with Crippen molar-refractivity contribution in [2.75, 3.05) is 6.54 Å². The Balaban J connectivity index is 1.44. The van der Waals surface area contributed by atoms with Crippen molar-refractivity contribution in [1.82, 2.24) is 15.3 Å². The summed E-state index contributed by atoms with van der Waals surface area (Å²) in [4.78, 5) is 19.1. The van der Waals surface area contributed by atoms with Crippen LogP contribution in [-0.4, -0.2) is 22.4 Å². The fourth-order valence-electron chi connectivity index (χ4n) is 2.66. The molecule has 3 rings (SSSR count). The van der Waals surface area contributed by atoms with Gasteiger partial charge in [0.25, 0.3) is 0 Å². The van der Waals surface area contributed by atoms with Gasteiger partial charge < -0.3 is 10.3 Å². The highest BCUT2D eigenvalue weighted by molar-refractivity contribution is 5.91. The van der Waals surface area contributed by atoms with Gasteiger partial charge in [-0.25, -0.2) is 4.98 Å². The van der Waals surface area contributed by atoms with Crippen LogP contribution in [0.1, 0.15) is 27.9 Å². The Morgan fingerprint density at radius 2 is 1.81 bits per heavy atom. The molecule has 3 aromatic rings. The van der Waals surface area contributed by atoms with E-state index < -0.39 is 0 Å². The van der Waals surface area contributed by atoms with Gasteiger partial charge in [0, 0.05) is 25.2 Å². The van der Waals surface area contributed by atoms with Gasteiger partial charge in [-0.3, -0.25) is 4.79 Å². The second kappa shape index (κ2) is 8.81. The summed E-state index contributed by atoms with van der Waals surface area (Å²) in [6.45, 7) is 2.70. The summed E-state index contributed by atoms with van der Waals surface area (Å²) >= 11 is 0. The molecule has 2 aromatic carbocycles. The van der Waals surface area contributed by atoms with Crippen molar-refractivity contribution in [1.29, 1.82) is 0 Å². The Morgan fingerprint density at radius 1 is 1.08 bits per heavy atom. The van der Waals surface area contributed by atoms with Gasteiger partial charge in [-0.2, -0.15) is 0 Å². The number of nitrogens with zero attached hydrogens (tertiary/aromatic N) is 1. The van der Waals surface area contributed by atoms with Crippen LogP contribution in [0.4, 0.5) is 0 Å². The third-order valence-electron chi connectivity index (χ3n) is 4.18. The maximum atomic E-state index is 11.9. The number of benzene rings is 2. The number of aromatic amines is 1. The quantitative estimate of drug-likeness (QED) is 0.642. The topological polar surface area (TPSA) is 57.8 Å². The molecule has 0 unspecified atom stereocenters. The first kappa shape index (κ1) is 17.7. The van der Waals surface area contributed by atoms with Crippen LogP contribution in [0.15, 0.2) is 67.1 Å². The number of H-pyrrole nitrogens is 1. The van der Waals surface area contributed by atoms with E-state index in [-0.39, 0.29) is 5.91 Å². The van der Waals surface area contributed by atoms with Crippen LogP contribution in [0.25, 0.3) is 6.08 Å². The van der Waals surface area contributed by atoms with Gasteiger partial charge in [0.15, 0.2) is 0 Å². The van der Waals surface area contributed by atoms with E-state index in [1.165, 1.54) is 16.7 Å². The van der Waals surface area contributed by atoms with Crippen molar-refractivity contribution >= 4 is 12.0 Å². The molecule has 0 atom stereocenters. The minimum absolute atomic E-state index is 0.0716. The zero-order chi connectivity index (χ0) is 18.2. The van der Waals surface area contributed by atoms with Crippen molar-refractivity contribution in [3.05, 3.63) is 95.1 Å². The molecule has 0 aliphatic rings. The monoisotopic (exact) mass is 345 g/mol. The Kier molecular flexibility index (Phi) is 5.99. The zero-order valence-corrected chi connectivity index (χ0v) is 14.9. The number of hydrogen-bond acceptors (Lipinski definition) is 2. The minimum Gasteiger partial charge on any atom is -0.352 e. The molecule has 0 saturated heterocycles. The summed E-state index contributed by atoms with van der Waals surface area (Å²) < 4.78 is 0. The lowest BCUT2D eigenvalue weighted by molar-refractivity contribution is -0.116. The molecule has 4 nitrogen and oxygen atoms in total. The van der Waals surface area contributed by atoms with Gasteiger partial charge in [0.05, 0.1) is 12.0 Å². The lowest BCUT2D eigenvalue weighted by Crippen LogP contribution is -2.23. The molecule has 0 radical (unpaired) electrons. The lowest BCUT2D eigenvalue weighted by atomic mass is 10.1. The van der Waals surface area contributed by atoms with Crippen LogP contribution in [0, 0.1) is 6.92 Å². The van der Waals surface area contributed by atoms with Crippen LogP contribution in [-0.2, 0) is 17.6 Å². The maximum absolute atomic E-state index is 11.9. The van der Waals surface area contributed by atoms with E-state index in [9.17, 15) is 4.79 Å². The normalized spacial score (nSPS) is 11.0. The van der Waals surface area contributed by atoms with E-state index in [4.69, 9.17) is 0 Å². The van der Waals surface area contributed by atoms with Crippen molar-refractivity contribution in [2.45, 2.75) is 19.8 Å². The first-order chi connectivity index (χ1) is 12.7. The van der Waals surface area contributed by atoms with E-state index in [2.05, 4.69) is 58.6 Å². The third kappa shape index (κ3) is 5.45. The van der Waals surface area contributed by atoms with Crippen LogP contribution < -0.4 is 5.32 Å². The zero-order valence-electron chi connectivity index (χ0n) is 14.9. The molecule has 1 aromatic heterocycles. The van der Waals surface area contributed by atoms with Crippen LogP contribution >= 0.6 is 0 Å². The summed E-state index contributed by atoms with van der Waals surface area (Å²) in [7, 11) is 0. The average molecular weight is 345 g/mol. The fourth-order valence-corrected chi connectivity index (χ4v) is 2.66. The molecule has 0 aliphatic heterocycles. The van der Waals surface area contributed by atoms with E-state index in [1.807, 2.05) is 24.4 Å². The molecule has 0 fully saturated rings. The maximum Gasteiger partial charge on any atom is 0.244 e. The summed E-state index contributed by atoms with van der Waals surface area (Å²) in [5.74, 6) is -0.0716. The number of amides is 1. The molecule has 1 amide bonds. The Hall–Kier alpha value is -3.14. The first-order valence-electron chi connectivity index (χ1n) is 8.77. The second-order valence-corrected chi connectivity index (χ2v) is 6.34. The van der Waals surface area contributed by atoms with Gasteiger partial charge in [-0.15, -0.1) is 0 Å². The number of hydrogen-bond donors (Lipinski definition) is 2. The highest BCUT2D eigenvalue weighted by Crippen LogP contribution is 2.10. The number of imidazole rings is 1. The fraction of sp³-hybridized carbons (Fsp3) is 0.182. The molecule has 26 heavy (non-hydrogen) atoms. The molecule has 0 saturated carbocycles. The van der Waals surface area contributed by atoms with Crippen molar-refractivity contribution in [3.63, 3.8) is 0 Å². The van der Waals surface area contributed by atoms with Crippen LogP contribution in [0.5, 0.6) is 0 Å². The number of carbonyl (C=O) groups excluding carboxylic acids is 1. The van der Waals surface area contributed by atoms with Gasteiger partial charge in [-0.05, 0) is 36.1 Å². The van der Waals surface area contributed by atoms with Crippen LogP contribution in [0.3, 0.4) is 0 Å². The number of carbonyl (C=O) groups is 1. The van der Waals surface area contributed by atoms with Crippen molar-refractivity contribution < 1.29 is 4.79 Å². The van der Waals surface area contributed by atoms with Crippen molar-refractivity contribution in [2.24, 2.45) is 0 Å². The summed E-state index contributed by atoms with van der Waals surface area (Å²) in [6.07, 6.45) is 8.63. The molecule has 1 heterocycles. The van der Waals surface area contributed by atoms with E-state index in [0.29, 0.717) is 6.54 Å². The molecule has 2 N–H and O–H groups in total. The minimum atomic E-state index is -0.0716. The van der Waals surface area contributed by atoms with Gasteiger partial charge in [0.1, 0.15) is 0 Å². The van der Waals surface area contributed by atoms with Crippen molar-refractivity contribution in [3.8, 4) is 0 Å². The van der Waals surface area contributed by atoms with Crippen LogP contribution in [0.2, 0.25) is 0 Å². The van der Waals surface area contributed by atoms with Gasteiger partial charge >= 0.3 is 0 Å². The predicted octanol–water partition coefficient (Wildman–Crippen LogP) is 3.68. The average Bonchev–Trinajstić information content (AvgIpc) is 3.16. The van der Waals surface area contributed by atoms with E-state index in [1.54, 1.807) is 12.4 Å². The molecular weight excluding hydrogens is 322 g/mol. The third-order valence-corrected chi connectivity index (χ3v) is 4.18. The van der Waals surface area contributed by atoms with Gasteiger partial charge in [-0.1, -0.05) is 54.1 Å². The second-order valence-electron chi connectivity index (χ2n) is 6.34. The molecule has 0 bridgehead atoms. The van der Waals surface area contributed by atoms with Gasteiger partial charge in [0.2, 0.25) is 5.91 Å². The number of rotatable bonds is 7. The lowest BCUT2D eigenvalue weighted by Gasteiger charge is -2.03. The molecular formula is C22H23N3O. The number of aryl methyl sites for hydroxylation is 1. The SMILES string of the molecule is Cc1ccc(CCNC(=O)/C=C/c2ccc(Cc3c[nH]cn3)cc2)cc1.